The van der Waals surface area contributed by atoms with Crippen molar-refractivity contribution in [2.24, 2.45) is 0 Å². The average molecular weight is 345 g/mol. The molecule has 3 rings (SSSR count). The Kier molecular flexibility index (Phi) is 5.30. The van der Waals surface area contributed by atoms with Gasteiger partial charge in [0.2, 0.25) is 0 Å². The maximum Gasteiger partial charge on any atom is 0.253 e. The van der Waals surface area contributed by atoms with Crippen LogP contribution in [-0.2, 0) is 0 Å². The predicted octanol–water partition coefficient (Wildman–Crippen LogP) is 2.80. The zero-order valence-electron chi connectivity index (χ0n) is 14.4. The maximum absolute atomic E-state index is 11.9. The first-order chi connectivity index (χ1) is 12.7. The Hall–Kier alpha value is -3.59. The molecule has 6 heteroatoms. The van der Waals surface area contributed by atoms with Crippen LogP contribution in [0.25, 0.3) is 5.69 Å². The quantitative estimate of drug-likeness (QED) is 0.674. The number of nitrogens with zero attached hydrogens (tertiary/aromatic N) is 3. The normalized spacial score (nSPS) is 11.4. The van der Waals surface area contributed by atoms with Gasteiger partial charge in [0, 0.05) is 18.6 Å². The minimum absolute atomic E-state index is 0.00372. The lowest BCUT2D eigenvalue weighted by molar-refractivity contribution is 0.0958. The summed E-state index contributed by atoms with van der Waals surface area (Å²) in [4.78, 5) is 16.2. The van der Waals surface area contributed by atoms with E-state index in [1.807, 2.05) is 35.1 Å². The highest BCUT2D eigenvalue weighted by Crippen LogP contribution is 2.24. The smallest absolute Gasteiger partial charge is 0.253 e. The zero-order chi connectivity index (χ0) is 18.4. The fourth-order valence-electron chi connectivity index (χ4n) is 2.62. The van der Waals surface area contributed by atoms with Crippen LogP contribution in [0.1, 0.15) is 28.9 Å². The van der Waals surface area contributed by atoms with Crippen LogP contribution in [0, 0.1) is 12.3 Å². The molecule has 26 heavy (non-hydrogen) atoms. The lowest BCUT2D eigenvalue weighted by atomic mass is 10.1. The van der Waals surface area contributed by atoms with Gasteiger partial charge in [0.25, 0.3) is 5.91 Å². The van der Waals surface area contributed by atoms with Gasteiger partial charge in [0.15, 0.2) is 0 Å². The van der Waals surface area contributed by atoms with Crippen molar-refractivity contribution < 1.29 is 4.79 Å². The van der Waals surface area contributed by atoms with Crippen molar-refractivity contribution in [1.29, 1.82) is 0 Å². The number of hydrogen-bond donors (Lipinski definition) is 2. The number of carbonyl (C=O) groups is 1. The highest BCUT2D eigenvalue weighted by molar-refractivity contribution is 5.94. The van der Waals surface area contributed by atoms with E-state index in [1.54, 1.807) is 18.3 Å². The Bertz CT molecular complexity index is 910. The standard InChI is InChI=1S/C20H19N5O/c1-3-11-21-20(26)16-9-10-19(22-14-16)24-15(2)17-7-4-5-8-18(17)25-13-6-12-23-25/h1,4-10,12-15H,11H2,2H3,(H,21,26)(H,22,24). The molecule has 2 N–H and O–H groups in total. The van der Waals surface area contributed by atoms with E-state index in [1.165, 1.54) is 6.20 Å². The predicted molar refractivity (Wildman–Crippen MR) is 101 cm³/mol. The molecule has 1 amide bonds. The first-order valence-corrected chi connectivity index (χ1v) is 8.22. The summed E-state index contributed by atoms with van der Waals surface area (Å²) in [5, 5.41) is 10.3. The highest BCUT2D eigenvalue weighted by Gasteiger charge is 2.13. The van der Waals surface area contributed by atoms with Gasteiger partial charge < -0.3 is 10.6 Å². The molecule has 0 aliphatic heterocycles. The van der Waals surface area contributed by atoms with Crippen molar-refractivity contribution in [3.63, 3.8) is 0 Å². The minimum Gasteiger partial charge on any atom is -0.363 e. The Morgan fingerprint density at radius 3 is 2.81 bits per heavy atom. The molecule has 0 radical (unpaired) electrons. The summed E-state index contributed by atoms with van der Waals surface area (Å²) >= 11 is 0. The molecule has 0 saturated heterocycles. The van der Waals surface area contributed by atoms with Crippen LogP contribution in [0.3, 0.4) is 0 Å². The van der Waals surface area contributed by atoms with E-state index in [9.17, 15) is 4.79 Å². The summed E-state index contributed by atoms with van der Waals surface area (Å²) < 4.78 is 1.83. The molecular formula is C20H19N5O. The van der Waals surface area contributed by atoms with Crippen LogP contribution in [-0.4, -0.2) is 27.2 Å². The molecule has 130 valence electrons. The highest BCUT2D eigenvalue weighted by atomic mass is 16.1. The van der Waals surface area contributed by atoms with E-state index in [0.29, 0.717) is 11.4 Å². The Morgan fingerprint density at radius 1 is 1.27 bits per heavy atom. The number of aromatic nitrogens is 3. The van der Waals surface area contributed by atoms with E-state index in [2.05, 4.69) is 39.6 Å². The molecule has 2 heterocycles. The number of para-hydroxylation sites is 1. The number of amides is 1. The summed E-state index contributed by atoms with van der Waals surface area (Å²) in [6.07, 6.45) is 10.3. The monoisotopic (exact) mass is 345 g/mol. The van der Waals surface area contributed by atoms with E-state index >= 15 is 0 Å². The van der Waals surface area contributed by atoms with Gasteiger partial charge in [-0.25, -0.2) is 9.67 Å². The number of hydrogen-bond acceptors (Lipinski definition) is 4. The molecule has 6 nitrogen and oxygen atoms in total. The van der Waals surface area contributed by atoms with Crippen LogP contribution in [0.2, 0.25) is 0 Å². The number of terminal acetylenes is 1. The van der Waals surface area contributed by atoms with Crippen molar-refractivity contribution in [3.05, 3.63) is 72.2 Å². The summed E-state index contributed by atoms with van der Waals surface area (Å²) in [5.74, 6) is 2.81. The first kappa shape index (κ1) is 17.2. The molecule has 1 aromatic carbocycles. The molecule has 1 unspecified atom stereocenters. The lowest BCUT2D eigenvalue weighted by Gasteiger charge is -2.18. The number of carbonyl (C=O) groups excluding carboxylic acids is 1. The molecule has 1 atom stereocenters. The molecular weight excluding hydrogens is 326 g/mol. The summed E-state index contributed by atoms with van der Waals surface area (Å²) in [7, 11) is 0. The van der Waals surface area contributed by atoms with Crippen LogP contribution >= 0.6 is 0 Å². The molecule has 3 aromatic rings. The third-order valence-corrected chi connectivity index (χ3v) is 3.90. The topological polar surface area (TPSA) is 71.8 Å². The van der Waals surface area contributed by atoms with E-state index in [4.69, 9.17) is 6.42 Å². The van der Waals surface area contributed by atoms with Gasteiger partial charge in [-0.3, -0.25) is 4.79 Å². The van der Waals surface area contributed by atoms with Crippen molar-refractivity contribution in [2.45, 2.75) is 13.0 Å². The van der Waals surface area contributed by atoms with Crippen molar-refractivity contribution in [2.75, 3.05) is 11.9 Å². The van der Waals surface area contributed by atoms with Gasteiger partial charge in [-0.2, -0.15) is 5.10 Å². The average Bonchev–Trinajstić information content (AvgIpc) is 3.21. The Balaban J connectivity index is 1.74. The molecule has 0 aliphatic carbocycles. The summed E-state index contributed by atoms with van der Waals surface area (Å²) in [6.45, 7) is 2.25. The molecule has 0 spiro atoms. The van der Waals surface area contributed by atoms with Gasteiger partial charge in [-0.15, -0.1) is 6.42 Å². The molecule has 0 aliphatic rings. The van der Waals surface area contributed by atoms with Crippen LogP contribution < -0.4 is 10.6 Å². The van der Waals surface area contributed by atoms with E-state index in [-0.39, 0.29) is 18.5 Å². The van der Waals surface area contributed by atoms with Crippen LogP contribution in [0.15, 0.2) is 61.1 Å². The van der Waals surface area contributed by atoms with Crippen LogP contribution in [0.4, 0.5) is 5.82 Å². The third-order valence-electron chi connectivity index (χ3n) is 3.90. The molecule has 0 bridgehead atoms. The largest absolute Gasteiger partial charge is 0.363 e. The maximum atomic E-state index is 11.9. The fourth-order valence-corrected chi connectivity index (χ4v) is 2.62. The Morgan fingerprint density at radius 2 is 2.12 bits per heavy atom. The third kappa shape index (κ3) is 3.90. The van der Waals surface area contributed by atoms with E-state index < -0.39 is 0 Å². The second kappa shape index (κ2) is 7.99. The summed E-state index contributed by atoms with van der Waals surface area (Å²) in [6, 6.07) is 13.4. The molecule has 2 aromatic heterocycles. The van der Waals surface area contributed by atoms with E-state index in [0.717, 1.165) is 11.3 Å². The second-order valence-corrected chi connectivity index (χ2v) is 5.69. The SMILES string of the molecule is C#CCNC(=O)c1ccc(NC(C)c2ccccc2-n2cccn2)nc1. The van der Waals surface area contributed by atoms with Gasteiger partial charge in [0.05, 0.1) is 23.8 Å². The van der Waals surface area contributed by atoms with Crippen molar-refractivity contribution in [1.82, 2.24) is 20.1 Å². The van der Waals surface area contributed by atoms with Crippen molar-refractivity contribution in [3.8, 4) is 18.0 Å². The van der Waals surface area contributed by atoms with Gasteiger partial charge in [0.1, 0.15) is 5.82 Å². The fraction of sp³-hybridized carbons (Fsp3) is 0.150. The van der Waals surface area contributed by atoms with Gasteiger partial charge >= 0.3 is 0 Å². The van der Waals surface area contributed by atoms with Gasteiger partial charge in [-0.1, -0.05) is 24.1 Å². The van der Waals surface area contributed by atoms with Crippen LogP contribution in [0.5, 0.6) is 0 Å². The first-order valence-electron chi connectivity index (χ1n) is 8.22. The number of rotatable bonds is 6. The minimum atomic E-state index is -0.237. The summed E-state index contributed by atoms with van der Waals surface area (Å²) in [5.41, 5.74) is 2.56. The molecule has 0 fully saturated rings. The molecule has 0 saturated carbocycles. The second-order valence-electron chi connectivity index (χ2n) is 5.69. The number of benzene rings is 1. The van der Waals surface area contributed by atoms with Crippen molar-refractivity contribution >= 4 is 11.7 Å². The lowest BCUT2D eigenvalue weighted by Crippen LogP contribution is -2.23. The number of nitrogens with one attached hydrogen (secondary N) is 2. The van der Waals surface area contributed by atoms with Gasteiger partial charge in [-0.05, 0) is 36.8 Å². The Labute approximate surface area is 152 Å². The zero-order valence-corrected chi connectivity index (χ0v) is 14.4. The number of pyridine rings is 1. The number of anilines is 1.